The number of benzene rings is 1. The first-order valence-corrected chi connectivity index (χ1v) is 9.27. The Labute approximate surface area is 166 Å². The van der Waals surface area contributed by atoms with Crippen LogP contribution in [0.2, 0.25) is 0 Å². The molecular formula is C18H21N9O2. The smallest absolute Gasteiger partial charge is 0.255 e. The average molecular weight is 395 g/mol. The summed E-state index contributed by atoms with van der Waals surface area (Å²) in [6.45, 7) is 4.08. The van der Waals surface area contributed by atoms with Crippen LogP contribution in [0.4, 0.5) is 17.5 Å². The Hall–Kier alpha value is -3.76. The minimum absolute atomic E-state index is 0.0985. The summed E-state index contributed by atoms with van der Waals surface area (Å²) < 4.78 is 1.57. The number of allylic oxidation sites excluding steroid dienone is 1. The van der Waals surface area contributed by atoms with Gasteiger partial charge in [-0.1, -0.05) is 12.0 Å². The molecule has 11 heteroatoms. The summed E-state index contributed by atoms with van der Waals surface area (Å²) in [7, 11) is 1.81. The van der Waals surface area contributed by atoms with Crippen LogP contribution in [0, 0.1) is 0 Å². The molecule has 0 saturated heterocycles. The van der Waals surface area contributed by atoms with Crippen LogP contribution in [0.1, 0.15) is 26.7 Å². The van der Waals surface area contributed by atoms with Gasteiger partial charge in [-0.25, -0.2) is 4.68 Å². The van der Waals surface area contributed by atoms with Crippen molar-refractivity contribution in [1.82, 2.24) is 30.4 Å². The van der Waals surface area contributed by atoms with Gasteiger partial charge in [0.15, 0.2) is 5.82 Å². The van der Waals surface area contributed by atoms with Crippen molar-refractivity contribution in [3.8, 4) is 0 Å². The first kappa shape index (κ1) is 18.6. The largest absolute Gasteiger partial charge is 0.322 e. The minimum Gasteiger partial charge on any atom is -0.322 e. The number of hydrogen-bond acceptors (Lipinski definition) is 7. The van der Waals surface area contributed by atoms with Crippen molar-refractivity contribution in [2.75, 3.05) is 22.6 Å². The Bertz CT molecular complexity index is 1130. The molecule has 0 saturated carbocycles. The van der Waals surface area contributed by atoms with Crippen molar-refractivity contribution in [3.63, 3.8) is 0 Å². The molecule has 1 aliphatic heterocycles. The molecule has 3 heterocycles. The van der Waals surface area contributed by atoms with Gasteiger partial charge in [-0.2, -0.15) is 5.10 Å². The second-order valence-electron chi connectivity index (χ2n) is 6.84. The Morgan fingerprint density at radius 2 is 2.10 bits per heavy atom. The summed E-state index contributed by atoms with van der Waals surface area (Å²) in [6, 6.07) is 5.37. The number of nitrogens with zero attached hydrogens (tertiary/aromatic N) is 6. The number of anilines is 3. The van der Waals surface area contributed by atoms with Crippen LogP contribution in [-0.4, -0.2) is 49.3 Å². The van der Waals surface area contributed by atoms with E-state index < -0.39 is 0 Å². The number of amides is 2. The third-order valence-corrected chi connectivity index (χ3v) is 4.89. The SMILES string of the molecule is CCCC(=O)Nc1n[nH]c2ccc(NC(=O)C3=C(C)N(C)c4nnnn4C3)cc12. The molecular weight excluding hydrogens is 374 g/mol. The van der Waals surface area contributed by atoms with Crippen LogP contribution in [0.3, 0.4) is 0 Å². The molecule has 1 aliphatic rings. The van der Waals surface area contributed by atoms with Gasteiger partial charge in [0.2, 0.25) is 11.9 Å². The normalized spacial score (nSPS) is 13.6. The fraction of sp³-hybridized carbons (Fsp3) is 0.333. The Morgan fingerprint density at radius 1 is 1.28 bits per heavy atom. The molecule has 4 rings (SSSR count). The highest BCUT2D eigenvalue weighted by Crippen LogP contribution is 2.27. The molecule has 0 bridgehead atoms. The van der Waals surface area contributed by atoms with E-state index >= 15 is 0 Å². The van der Waals surface area contributed by atoms with E-state index in [1.54, 1.807) is 27.8 Å². The molecule has 0 atom stereocenters. The van der Waals surface area contributed by atoms with Gasteiger partial charge in [0, 0.05) is 30.2 Å². The molecule has 0 spiro atoms. The highest BCUT2D eigenvalue weighted by molar-refractivity contribution is 6.07. The van der Waals surface area contributed by atoms with Crippen molar-refractivity contribution in [2.24, 2.45) is 0 Å². The van der Waals surface area contributed by atoms with E-state index in [9.17, 15) is 9.59 Å². The lowest BCUT2D eigenvalue weighted by molar-refractivity contribution is -0.116. The average Bonchev–Trinajstić information content (AvgIpc) is 3.32. The molecule has 150 valence electrons. The monoisotopic (exact) mass is 395 g/mol. The van der Waals surface area contributed by atoms with Crippen molar-refractivity contribution in [1.29, 1.82) is 0 Å². The van der Waals surface area contributed by atoms with E-state index in [1.807, 2.05) is 20.9 Å². The number of tetrazole rings is 1. The number of nitrogens with one attached hydrogen (secondary N) is 3. The van der Waals surface area contributed by atoms with Crippen molar-refractivity contribution >= 4 is 40.2 Å². The summed E-state index contributed by atoms with van der Waals surface area (Å²) in [5.74, 6) is 0.695. The highest BCUT2D eigenvalue weighted by Gasteiger charge is 2.26. The number of H-pyrrole nitrogens is 1. The van der Waals surface area contributed by atoms with Gasteiger partial charge in [0.05, 0.1) is 17.6 Å². The van der Waals surface area contributed by atoms with Crippen LogP contribution in [0.15, 0.2) is 29.5 Å². The van der Waals surface area contributed by atoms with E-state index in [-0.39, 0.29) is 18.4 Å². The van der Waals surface area contributed by atoms with Gasteiger partial charge in [0.1, 0.15) is 0 Å². The van der Waals surface area contributed by atoms with Crippen LogP contribution in [0.25, 0.3) is 10.9 Å². The summed E-state index contributed by atoms with van der Waals surface area (Å²) in [6.07, 6.45) is 1.17. The first-order chi connectivity index (χ1) is 14.0. The van der Waals surface area contributed by atoms with E-state index in [4.69, 9.17) is 0 Å². The lowest BCUT2D eigenvalue weighted by atomic mass is 10.1. The third-order valence-electron chi connectivity index (χ3n) is 4.89. The number of carbonyl (C=O) groups is 2. The zero-order valence-corrected chi connectivity index (χ0v) is 16.4. The molecule has 3 aromatic rings. The Balaban J connectivity index is 1.57. The maximum Gasteiger partial charge on any atom is 0.255 e. The number of fused-ring (bicyclic) bond motifs is 2. The number of carbonyl (C=O) groups excluding carboxylic acids is 2. The molecule has 11 nitrogen and oxygen atoms in total. The van der Waals surface area contributed by atoms with Crippen LogP contribution >= 0.6 is 0 Å². The Kier molecular flexibility index (Phi) is 4.71. The minimum atomic E-state index is -0.241. The summed E-state index contributed by atoms with van der Waals surface area (Å²) in [5.41, 5.74) is 2.71. The molecule has 0 aliphatic carbocycles. The quantitative estimate of drug-likeness (QED) is 0.598. The fourth-order valence-electron chi connectivity index (χ4n) is 3.21. The molecule has 29 heavy (non-hydrogen) atoms. The zero-order chi connectivity index (χ0) is 20.5. The lowest BCUT2D eigenvalue weighted by Crippen LogP contribution is -2.32. The van der Waals surface area contributed by atoms with E-state index in [0.717, 1.165) is 23.0 Å². The van der Waals surface area contributed by atoms with Gasteiger partial charge >= 0.3 is 0 Å². The lowest BCUT2D eigenvalue weighted by Gasteiger charge is -2.26. The van der Waals surface area contributed by atoms with Crippen LogP contribution in [0.5, 0.6) is 0 Å². The van der Waals surface area contributed by atoms with Gasteiger partial charge in [0.25, 0.3) is 5.91 Å². The molecule has 1 aromatic carbocycles. The summed E-state index contributed by atoms with van der Waals surface area (Å²) >= 11 is 0. The van der Waals surface area contributed by atoms with Gasteiger partial charge in [-0.05, 0) is 42.0 Å². The predicted molar refractivity (Wildman–Crippen MR) is 107 cm³/mol. The molecule has 0 radical (unpaired) electrons. The number of hydrogen-bond donors (Lipinski definition) is 3. The van der Waals surface area contributed by atoms with Crippen LogP contribution < -0.4 is 15.5 Å². The Morgan fingerprint density at radius 3 is 2.90 bits per heavy atom. The number of aromatic nitrogens is 6. The van der Waals surface area contributed by atoms with Crippen molar-refractivity contribution < 1.29 is 9.59 Å². The summed E-state index contributed by atoms with van der Waals surface area (Å²) in [5, 5.41) is 25.0. The third kappa shape index (κ3) is 3.42. The van der Waals surface area contributed by atoms with Crippen LogP contribution in [-0.2, 0) is 16.1 Å². The molecule has 2 aromatic heterocycles. The highest BCUT2D eigenvalue weighted by atomic mass is 16.2. The molecule has 3 N–H and O–H groups in total. The maximum atomic E-state index is 12.9. The second-order valence-corrected chi connectivity index (χ2v) is 6.84. The standard InChI is InChI=1S/C18H21N9O2/c1-4-5-15(28)20-16-12-8-11(6-7-14(12)21-22-16)19-17(29)13-9-27-18(23-24-25-27)26(3)10(13)2/h6-8H,4-5,9H2,1-3H3,(H,19,29)(H2,20,21,22,28). The predicted octanol–water partition coefficient (Wildman–Crippen LogP) is 1.65. The van der Waals surface area contributed by atoms with E-state index in [1.165, 1.54) is 0 Å². The molecule has 2 amide bonds. The topological polar surface area (TPSA) is 134 Å². The van der Waals surface area contributed by atoms with Gasteiger partial charge < -0.3 is 15.5 Å². The van der Waals surface area contributed by atoms with E-state index in [0.29, 0.717) is 29.4 Å². The van der Waals surface area contributed by atoms with Crippen molar-refractivity contribution in [2.45, 2.75) is 33.2 Å². The zero-order valence-electron chi connectivity index (χ0n) is 16.4. The van der Waals surface area contributed by atoms with Gasteiger partial charge in [-0.3, -0.25) is 14.7 Å². The first-order valence-electron chi connectivity index (χ1n) is 9.27. The van der Waals surface area contributed by atoms with Gasteiger partial charge in [-0.15, -0.1) is 0 Å². The summed E-state index contributed by atoms with van der Waals surface area (Å²) in [4.78, 5) is 26.6. The molecule has 0 fully saturated rings. The fourth-order valence-corrected chi connectivity index (χ4v) is 3.21. The van der Waals surface area contributed by atoms with Crippen molar-refractivity contribution in [3.05, 3.63) is 29.5 Å². The second kappa shape index (κ2) is 7.34. The number of aromatic amines is 1. The molecule has 0 unspecified atom stereocenters. The van der Waals surface area contributed by atoms with E-state index in [2.05, 4.69) is 36.4 Å². The number of rotatable bonds is 5. The maximum absolute atomic E-state index is 12.9.